The fourth-order valence-corrected chi connectivity index (χ4v) is 2.61. The quantitative estimate of drug-likeness (QED) is 0.592. The van der Waals surface area contributed by atoms with E-state index in [4.69, 9.17) is 9.47 Å². The Morgan fingerprint density at radius 1 is 1.11 bits per heavy atom. The maximum atomic E-state index is 12.4. The molecule has 0 spiro atoms. The van der Waals surface area contributed by atoms with Crippen molar-refractivity contribution in [3.05, 3.63) is 0 Å². The highest BCUT2D eigenvalue weighted by Crippen LogP contribution is 2.35. The van der Waals surface area contributed by atoms with E-state index in [2.05, 4.69) is 27.7 Å². The summed E-state index contributed by atoms with van der Waals surface area (Å²) in [5.41, 5.74) is -0.480. The second kappa shape index (κ2) is 8.52. The van der Waals surface area contributed by atoms with Crippen LogP contribution in [0, 0.1) is 17.3 Å². The Morgan fingerprint density at radius 3 is 1.94 bits per heavy atom. The summed E-state index contributed by atoms with van der Waals surface area (Å²) in [5.74, 6) is 0.815. The van der Waals surface area contributed by atoms with E-state index in [1.807, 2.05) is 6.92 Å². The normalized spacial score (nSPS) is 12.2. The zero-order valence-electron chi connectivity index (χ0n) is 12.9. The van der Waals surface area contributed by atoms with Crippen LogP contribution >= 0.6 is 0 Å². The molecule has 0 heterocycles. The Balaban J connectivity index is 4.96. The predicted octanol–water partition coefficient (Wildman–Crippen LogP) is 3.66. The number of carbonyl (C=O) groups is 1. The van der Waals surface area contributed by atoms with Crippen LogP contribution in [0.3, 0.4) is 0 Å². The zero-order chi connectivity index (χ0) is 14.2. The van der Waals surface area contributed by atoms with Gasteiger partial charge in [-0.3, -0.25) is 4.79 Å². The van der Waals surface area contributed by atoms with E-state index in [9.17, 15) is 4.79 Å². The van der Waals surface area contributed by atoms with Crippen molar-refractivity contribution in [3.63, 3.8) is 0 Å². The molecule has 0 aromatic heterocycles. The maximum absolute atomic E-state index is 12.4. The lowest BCUT2D eigenvalue weighted by Gasteiger charge is -2.33. The van der Waals surface area contributed by atoms with Crippen LogP contribution in [0.2, 0.25) is 0 Å². The average molecular weight is 258 g/mol. The lowest BCUT2D eigenvalue weighted by Crippen LogP contribution is -2.40. The van der Waals surface area contributed by atoms with Crippen molar-refractivity contribution in [3.8, 4) is 0 Å². The van der Waals surface area contributed by atoms with Crippen LogP contribution < -0.4 is 0 Å². The lowest BCUT2D eigenvalue weighted by molar-refractivity contribution is -0.162. The molecule has 18 heavy (non-hydrogen) atoms. The monoisotopic (exact) mass is 258 g/mol. The van der Waals surface area contributed by atoms with Gasteiger partial charge in [0, 0.05) is 7.11 Å². The van der Waals surface area contributed by atoms with Gasteiger partial charge >= 0.3 is 5.97 Å². The van der Waals surface area contributed by atoms with Crippen molar-refractivity contribution in [2.75, 3.05) is 20.3 Å². The molecule has 0 unspecified atom stereocenters. The molecule has 0 radical (unpaired) electrons. The Labute approximate surface area is 112 Å². The molecule has 0 aliphatic rings. The predicted molar refractivity (Wildman–Crippen MR) is 74.5 cm³/mol. The number of hydrogen-bond acceptors (Lipinski definition) is 3. The summed E-state index contributed by atoms with van der Waals surface area (Å²) in [6.45, 7) is 11.5. The van der Waals surface area contributed by atoms with Gasteiger partial charge in [-0.1, -0.05) is 34.6 Å². The lowest BCUT2D eigenvalue weighted by atomic mass is 9.74. The van der Waals surface area contributed by atoms with Gasteiger partial charge in [0.05, 0.1) is 18.6 Å². The van der Waals surface area contributed by atoms with Gasteiger partial charge in [-0.25, -0.2) is 0 Å². The molecule has 3 nitrogen and oxygen atoms in total. The summed E-state index contributed by atoms with van der Waals surface area (Å²) >= 11 is 0. The van der Waals surface area contributed by atoms with Crippen molar-refractivity contribution in [1.29, 1.82) is 0 Å². The number of carbonyl (C=O) groups excluding carboxylic acids is 1. The van der Waals surface area contributed by atoms with Crippen LogP contribution in [0.4, 0.5) is 0 Å². The van der Waals surface area contributed by atoms with Gasteiger partial charge in [0.2, 0.25) is 0 Å². The van der Waals surface area contributed by atoms with E-state index in [0.29, 0.717) is 25.0 Å². The fourth-order valence-electron chi connectivity index (χ4n) is 2.61. The zero-order valence-corrected chi connectivity index (χ0v) is 12.9. The first-order valence-corrected chi connectivity index (χ1v) is 7.04. The minimum absolute atomic E-state index is 0.0893. The van der Waals surface area contributed by atoms with Gasteiger partial charge in [-0.05, 0) is 31.1 Å². The second-order valence-electron chi connectivity index (χ2n) is 6.05. The summed E-state index contributed by atoms with van der Waals surface area (Å²) < 4.78 is 10.7. The van der Waals surface area contributed by atoms with Crippen LogP contribution in [0.25, 0.3) is 0 Å². The topological polar surface area (TPSA) is 35.5 Å². The van der Waals surface area contributed by atoms with Gasteiger partial charge < -0.3 is 9.47 Å². The first-order valence-electron chi connectivity index (χ1n) is 7.04. The van der Waals surface area contributed by atoms with Crippen molar-refractivity contribution >= 4 is 5.97 Å². The fraction of sp³-hybridized carbons (Fsp3) is 0.933. The van der Waals surface area contributed by atoms with Crippen LogP contribution in [0.5, 0.6) is 0 Å². The number of esters is 1. The molecule has 0 rings (SSSR count). The SMILES string of the molecule is CCCOC(=O)C(COC)(CC(C)C)CC(C)C. The van der Waals surface area contributed by atoms with E-state index in [1.54, 1.807) is 7.11 Å². The molecular formula is C15H30O3. The van der Waals surface area contributed by atoms with Crippen molar-refractivity contribution in [2.45, 2.75) is 53.9 Å². The van der Waals surface area contributed by atoms with Gasteiger partial charge in [0.15, 0.2) is 0 Å². The average Bonchev–Trinajstić information content (AvgIpc) is 2.24. The van der Waals surface area contributed by atoms with E-state index in [1.165, 1.54) is 0 Å². The molecule has 108 valence electrons. The third-order valence-electron chi connectivity index (χ3n) is 2.89. The highest BCUT2D eigenvalue weighted by molar-refractivity contribution is 5.77. The third-order valence-corrected chi connectivity index (χ3v) is 2.89. The molecule has 0 aromatic rings. The van der Waals surface area contributed by atoms with E-state index < -0.39 is 5.41 Å². The van der Waals surface area contributed by atoms with Crippen LogP contribution in [0.1, 0.15) is 53.9 Å². The number of ether oxygens (including phenoxy) is 2. The Hall–Kier alpha value is -0.570. The highest BCUT2D eigenvalue weighted by Gasteiger charge is 2.41. The molecule has 0 N–H and O–H groups in total. The molecule has 3 heteroatoms. The Morgan fingerprint density at radius 2 is 1.61 bits per heavy atom. The number of hydrogen-bond donors (Lipinski definition) is 0. The second-order valence-corrected chi connectivity index (χ2v) is 6.05. The molecule has 0 atom stereocenters. The minimum atomic E-state index is -0.480. The highest BCUT2D eigenvalue weighted by atomic mass is 16.5. The van der Waals surface area contributed by atoms with Crippen molar-refractivity contribution in [2.24, 2.45) is 17.3 Å². The first kappa shape index (κ1) is 17.4. The van der Waals surface area contributed by atoms with E-state index in [-0.39, 0.29) is 5.97 Å². The molecule has 0 aliphatic heterocycles. The summed E-state index contributed by atoms with van der Waals surface area (Å²) in [6, 6.07) is 0. The summed E-state index contributed by atoms with van der Waals surface area (Å²) in [4.78, 5) is 12.4. The van der Waals surface area contributed by atoms with Crippen molar-refractivity contribution < 1.29 is 14.3 Å². The van der Waals surface area contributed by atoms with Gasteiger partial charge in [0.25, 0.3) is 0 Å². The third kappa shape index (κ3) is 5.85. The van der Waals surface area contributed by atoms with Gasteiger partial charge in [-0.15, -0.1) is 0 Å². The molecule has 0 aliphatic carbocycles. The number of rotatable bonds is 9. The Kier molecular flexibility index (Phi) is 8.25. The molecule has 0 saturated carbocycles. The molecular weight excluding hydrogens is 228 g/mol. The van der Waals surface area contributed by atoms with E-state index >= 15 is 0 Å². The molecule has 0 saturated heterocycles. The smallest absolute Gasteiger partial charge is 0.314 e. The van der Waals surface area contributed by atoms with Crippen molar-refractivity contribution in [1.82, 2.24) is 0 Å². The summed E-state index contributed by atoms with van der Waals surface area (Å²) in [5, 5.41) is 0. The molecule has 0 bridgehead atoms. The Bertz CT molecular complexity index is 224. The number of methoxy groups -OCH3 is 1. The summed E-state index contributed by atoms with van der Waals surface area (Å²) in [6.07, 6.45) is 2.50. The van der Waals surface area contributed by atoms with Crippen LogP contribution in [0.15, 0.2) is 0 Å². The first-order chi connectivity index (χ1) is 8.38. The van der Waals surface area contributed by atoms with Crippen LogP contribution in [-0.2, 0) is 14.3 Å². The maximum Gasteiger partial charge on any atom is 0.314 e. The van der Waals surface area contributed by atoms with E-state index in [0.717, 1.165) is 19.3 Å². The minimum Gasteiger partial charge on any atom is -0.465 e. The molecule has 0 aromatic carbocycles. The van der Waals surface area contributed by atoms with Gasteiger partial charge in [-0.2, -0.15) is 0 Å². The summed E-state index contributed by atoms with van der Waals surface area (Å²) in [7, 11) is 1.66. The molecule has 0 amide bonds. The van der Waals surface area contributed by atoms with Gasteiger partial charge in [0.1, 0.15) is 0 Å². The standard InChI is InChI=1S/C15H30O3/c1-7-8-18-14(16)15(11-17-6,9-12(2)3)10-13(4)5/h12-13H,7-11H2,1-6H3. The molecule has 0 fully saturated rings. The van der Waals surface area contributed by atoms with Crippen LogP contribution in [-0.4, -0.2) is 26.3 Å². The largest absolute Gasteiger partial charge is 0.465 e.